The predicted octanol–water partition coefficient (Wildman–Crippen LogP) is 2.78. The van der Waals surface area contributed by atoms with Gasteiger partial charge in [0.15, 0.2) is 0 Å². The van der Waals surface area contributed by atoms with Crippen molar-refractivity contribution >= 4 is 17.3 Å². The molecule has 2 aromatic rings. The van der Waals surface area contributed by atoms with E-state index < -0.39 is 0 Å². The average Bonchev–Trinajstić information content (AvgIpc) is 2.62. The van der Waals surface area contributed by atoms with Crippen molar-refractivity contribution in [3.8, 4) is 0 Å². The molecule has 126 valence electrons. The lowest BCUT2D eigenvalue weighted by molar-refractivity contribution is 0.102. The number of benzene rings is 1. The highest BCUT2D eigenvalue weighted by Crippen LogP contribution is 2.18. The molecule has 1 fully saturated rings. The number of nitrogens with zero attached hydrogens (tertiary/aromatic N) is 3. The molecule has 3 rings (SSSR count). The lowest BCUT2D eigenvalue weighted by atomic mass is 10.2. The SMILES string of the molecule is CCN1CCN(c2cncc(C(=O)Nc3cccc(C)c3)c2)CC1. The largest absolute Gasteiger partial charge is 0.368 e. The smallest absolute Gasteiger partial charge is 0.257 e. The van der Waals surface area contributed by atoms with Gasteiger partial charge in [0.1, 0.15) is 0 Å². The Labute approximate surface area is 143 Å². The number of carbonyl (C=O) groups excluding carboxylic acids is 1. The number of hydrogen-bond donors (Lipinski definition) is 1. The number of aryl methyl sites for hydroxylation is 1. The molecule has 1 N–H and O–H groups in total. The van der Waals surface area contributed by atoms with Crippen LogP contribution in [0.5, 0.6) is 0 Å². The van der Waals surface area contributed by atoms with E-state index in [2.05, 4.69) is 27.0 Å². The van der Waals surface area contributed by atoms with Crippen LogP contribution in [0.25, 0.3) is 0 Å². The van der Waals surface area contributed by atoms with Crippen LogP contribution in [0.3, 0.4) is 0 Å². The van der Waals surface area contributed by atoms with E-state index in [-0.39, 0.29) is 5.91 Å². The molecule has 0 atom stereocenters. The van der Waals surface area contributed by atoms with Gasteiger partial charge in [-0.2, -0.15) is 0 Å². The van der Waals surface area contributed by atoms with Gasteiger partial charge in [-0.15, -0.1) is 0 Å². The number of aromatic nitrogens is 1. The Morgan fingerprint density at radius 3 is 2.67 bits per heavy atom. The van der Waals surface area contributed by atoms with Gasteiger partial charge in [0.2, 0.25) is 0 Å². The molecular formula is C19H24N4O. The number of piperazine rings is 1. The van der Waals surface area contributed by atoms with Gasteiger partial charge in [0, 0.05) is 38.1 Å². The first-order valence-corrected chi connectivity index (χ1v) is 8.46. The molecule has 1 amide bonds. The third kappa shape index (κ3) is 3.92. The van der Waals surface area contributed by atoms with Crippen molar-refractivity contribution < 1.29 is 4.79 Å². The van der Waals surface area contributed by atoms with Crippen LogP contribution >= 0.6 is 0 Å². The van der Waals surface area contributed by atoms with E-state index in [9.17, 15) is 4.79 Å². The van der Waals surface area contributed by atoms with Gasteiger partial charge in [0.05, 0.1) is 17.4 Å². The van der Waals surface area contributed by atoms with E-state index in [0.29, 0.717) is 5.56 Å². The molecule has 1 aromatic carbocycles. The number of anilines is 2. The molecule has 24 heavy (non-hydrogen) atoms. The summed E-state index contributed by atoms with van der Waals surface area (Å²) in [7, 11) is 0. The van der Waals surface area contributed by atoms with Crippen molar-refractivity contribution in [3.05, 3.63) is 53.9 Å². The first-order chi connectivity index (χ1) is 11.7. The minimum atomic E-state index is -0.123. The van der Waals surface area contributed by atoms with Crippen LogP contribution in [0.1, 0.15) is 22.8 Å². The monoisotopic (exact) mass is 324 g/mol. The second-order valence-electron chi connectivity index (χ2n) is 6.18. The molecule has 2 heterocycles. The second kappa shape index (κ2) is 7.45. The summed E-state index contributed by atoms with van der Waals surface area (Å²) in [6.45, 7) is 9.33. The number of rotatable bonds is 4. The predicted molar refractivity (Wildman–Crippen MR) is 97.7 cm³/mol. The molecule has 5 nitrogen and oxygen atoms in total. The maximum absolute atomic E-state index is 12.5. The van der Waals surface area contributed by atoms with Crippen LogP contribution < -0.4 is 10.2 Å². The van der Waals surface area contributed by atoms with Gasteiger partial charge in [-0.25, -0.2) is 0 Å². The van der Waals surface area contributed by atoms with Gasteiger partial charge in [-0.05, 0) is 37.2 Å². The van der Waals surface area contributed by atoms with Gasteiger partial charge >= 0.3 is 0 Å². The van der Waals surface area contributed by atoms with Crippen molar-refractivity contribution in [2.75, 3.05) is 42.9 Å². The standard InChI is InChI=1S/C19H24N4O/c1-3-22-7-9-23(10-8-22)18-12-16(13-20-14-18)19(24)21-17-6-4-5-15(2)11-17/h4-6,11-14H,3,7-10H2,1-2H3,(H,21,24). The Kier molecular flexibility index (Phi) is 5.11. The van der Waals surface area contributed by atoms with Crippen molar-refractivity contribution in [1.29, 1.82) is 0 Å². The molecule has 0 aliphatic carbocycles. The Morgan fingerprint density at radius 1 is 1.17 bits per heavy atom. The minimum Gasteiger partial charge on any atom is -0.368 e. The van der Waals surface area contributed by atoms with Crippen molar-refractivity contribution in [2.24, 2.45) is 0 Å². The van der Waals surface area contributed by atoms with Crippen LogP contribution in [0.2, 0.25) is 0 Å². The number of nitrogens with one attached hydrogen (secondary N) is 1. The number of carbonyl (C=O) groups is 1. The van der Waals surface area contributed by atoms with Gasteiger partial charge in [-0.1, -0.05) is 19.1 Å². The molecule has 1 aromatic heterocycles. The molecular weight excluding hydrogens is 300 g/mol. The van der Waals surface area contributed by atoms with E-state index in [1.165, 1.54) is 0 Å². The fourth-order valence-electron chi connectivity index (χ4n) is 2.97. The van der Waals surface area contributed by atoms with Crippen LogP contribution in [0, 0.1) is 6.92 Å². The first kappa shape index (κ1) is 16.5. The van der Waals surface area contributed by atoms with E-state index in [0.717, 1.165) is 49.7 Å². The number of likely N-dealkylation sites (N-methyl/N-ethyl adjacent to an activating group) is 1. The quantitative estimate of drug-likeness (QED) is 0.939. The third-order valence-corrected chi connectivity index (χ3v) is 4.45. The van der Waals surface area contributed by atoms with Crippen molar-refractivity contribution in [3.63, 3.8) is 0 Å². The van der Waals surface area contributed by atoms with Crippen LogP contribution in [0.15, 0.2) is 42.7 Å². The van der Waals surface area contributed by atoms with Crippen LogP contribution in [-0.4, -0.2) is 48.5 Å². The van der Waals surface area contributed by atoms with Gasteiger partial charge in [-0.3, -0.25) is 9.78 Å². The lowest BCUT2D eigenvalue weighted by Gasteiger charge is -2.35. The van der Waals surface area contributed by atoms with E-state index in [1.54, 1.807) is 6.20 Å². The summed E-state index contributed by atoms with van der Waals surface area (Å²) in [5.41, 5.74) is 3.53. The molecule has 1 saturated heterocycles. The zero-order valence-electron chi connectivity index (χ0n) is 14.3. The normalized spacial score (nSPS) is 15.3. The van der Waals surface area contributed by atoms with Crippen molar-refractivity contribution in [2.45, 2.75) is 13.8 Å². The zero-order chi connectivity index (χ0) is 16.9. The Bertz CT molecular complexity index is 708. The van der Waals surface area contributed by atoms with Crippen LogP contribution in [0.4, 0.5) is 11.4 Å². The highest BCUT2D eigenvalue weighted by Gasteiger charge is 2.17. The Morgan fingerprint density at radius 2 is 1.96 bits per heavy atom. The van der Waals surface area contributed by atoms with Crippen molar-refractivity contribution in [1.82, 2.24) is 9.88 Å². The minimum absolute atomic E-state index is 0.123. The summed E-state index contributed by atoms with van der Waals surface area (Å²) in [4.78, 5) is 21.5. The van der Waals surface area contributed by atoms with Crippen LogP contribution in [-0.2, 0) is 0 Å². The molecule has 1 aliphatic heterocycles. The fourth-order valence-corrected chi connectivity index (χ4v) is 2.97. The maximum atomic E-state index is 12.5. The highest BCUT2D eigenvalue weighted by molar-refractivity contribution is 6.04. The summed E-state index contributed by atoms with van der Waals surface area (Å²) in [6.07, 6.45) is 3.46. The fraction of sp³-hybridized carbons (Fsp3) is 0.368. The zero-order valence-corrected chi connectivity index (χ0v) is 14.3. The van der Waals surface area contributed by atoms with E-state index >= 15 is 0 Å². The molecule has 0 bridgehead atoms. The molecule has 0 spiro atoms. The Hall–Kier alpha value is -2.40. The molecule has 0 radical (unpaired) electrons. The van der Waals surface area contributed by atoms with E-state index in [1.807, 2.05) is 43.5 Å². The van der Waals surface area contributed by atoms with Gasteiger partial charge in [0.25, 0.3) is 5.91 Å². The Balaban J connectivity index is 1.69. The lowest BCUT2D eigenvalue weighted by Crippen LogP contribution is -2.46. The number of amides is 1. The second-order valence-corrected chi connectivity index (χ2v) is 6.18. The summed E-state index contributed by atoms with van der Waals surface area (Å²) >= 11 is 0. The summed E-state index contributed by atoms with van der Waals surface area (Å²) < 4.78 is 0. The number of hydrogen-bond acceptors (Lipinski definition) is 4. The first-order valence-electron chi connectivity index (χ1n) is 8.46. The summed E-state index contributed by atoms with van der Waals surface area (Å²) in [5, 5.41) is 2.94. The average molecular weight is 324 g/mol. The molecule has 0 unspecified atom stereocenters. The third-order valence-electron chi connectivity index (χ3n) is 4.45. The highest BCUT2D eigenvalue weighted by atomic mass is 16.1. The maximum Gasteiger partial charge on any atom is 0.257 e. The van der Waals surface area contributed by atoms with Gasteiger partial charge < -0.3 is 15.1 Å². The van der Waals surface area contributed by atoms with E-state index in [4.69, 9.17) is 0 Å². The molecule has 1 aliphatic rings. The summed E-state index contributed by atoms with van der Waals surface area (Å²) in [5.74, 6) is -0.123. The molecule has 5 heteroatoms. The molecule has 0 saturated carbocycles. The number of pyridine rings is 1. The topological polar surface area (TPSA) is 48.5 Å². The summed E-state index contributed by atoms with van der Waals surface area (Å²) in [6, 6.07) is 9.73.